The maximum atomic E-state index is 14.7. The van der Waals surface area contributed by atoms with Gasteiger partial charge in [0.05, 0.1) is 29.8 Å². The molecule has 2 aromatic heterocycles. The maximum absolute atomic E-state index is 14.7. The van der Waals surface area contributed by atoms with Gasteiger partial charge in [-0.3, -0.25) is 9.32 Å². The predicted molar refractivity (Wildman–Crippen MR) is 185 cm³/mol. The Morgan fingerprint density at radius 2 is 1.70 bits per heavy atom. The van der Waals surface area contributed by atoms with Crippen molar-refractivity contribution in [2.45, 2.75) is 78.7 Å². The minimum atomic E-state index is -4.19. The first kappa shape index (κ1) is 34.3. The van der Waals surface area contributed by atoms with Crippen molar-refractivity contribution in [1.29, 1.82) is 0 Å². The van der Waals surface area contributed by atoms with Gasteiger partial charge in [-0.05, 0) is 51.6 Å². The second kappa shape index (κ2) is 15.3. The molecule has 0 saturated heterocycles. The van der Waals surface area contributed by atoms with Crippen LogP contribution in [0.4, 0.5) is 5.82 Å². The zero-order chi connectivity index (χ0) is 33.6. The molecular weight excluding hydrogens is 617 g/mol. The van der Waals surface area contributed by atoms with Crippen molar-refractivity contribution in [3.8, 4) is 5.75 Å². The van der Waals surface area contributed by atoms with Crippen LogP contribution in [0.2, 0.25) is 0 Å². The summed E-state index contributed by atoms with van der Waals surface area (Å²) in [6.07, 6.45) is 2.12. The van der Waals surface area contributed by atoms with E-state index in [0.29, 0.717) is 35.9 Å². The highest BCUT2D eigenvalue weighted by molar-refractivity contribution is 7.52. The number of esters is 1. The molecule has 3 aromatic carbocycles. The number of pyridine rings is 1. The summed E-state index contributed by atoms with van der Waals surface area (Å²) >= 11 is 0. The van der Waals surface area contributed by atoms with E-state index in [1.807, 2.05) is 67.6 Å². The average Bonchev–Trinajstić information content (AvgIpc) is 3.44. The Morgan fingerprint density at radius 1 is 0.979 bits per heavy atom. The fourth-order valence-electron chi connectivity index (χ4n) is 5.59. The molecule has 5 aromatic rings. The molecule has 0 aliphatic carbocycles. The van der Waals surface area contributed by atoms with Crippen LogP contribution >= 0.6 is 7.75 Å². The molecule has 11 nitrogen and oxygen atoms in total. The van der Waals surface area contributed by atoms with E-state index in [4.69, 9.17) is 29.2 Å². The zero-order valence-electron chi connectivity index (χ0n) is 27.6. The Labute approximate surface area is 275 Å². The first-order valence-electron chi connectivity index (χ1n) is 16.2. The Hall–Kier alpha value is -4.02. The van der Waals surface area contributed by atoms with Crippen LogP contribution in [-0.4, -0.2) is 45.9 Å². The van der Waals surface area contributed by atoms with E-state index in [1.54, 1.807) is 26.8 Å². The molecule has 3 atom stereocenters. The molecule has 0 aliphatic rings. The normalized spacial score (nSPS) is 14.4. The van der Waals surface area contributed by atoms with Crippen LogP contribution in [0, 0.1) is 0 Å². The lowest BCUT2D eigenvalue weighted by Gasteiger charge is -2.27. The molecule has 0 aliphatic heterocycles. The molecule has 5 rings (SSSR count). The molecule has 2 heterocycles. The Balaban J connectivity index is 1.57. The number of benzene rings is 3. The summed E-state index contributed by atoms with van der Waals surface area (Å²) in [5, 5.41) is 5.40. The molecule has 250 valence electrons. The van der Waals surface area contributed by atoms with Crippen molar-refractivity contribution >= 4 is 52.2 Å². The second-order valence-electron chi connectivity index (χ2n) is 11.7. The number of unbranched alkanes of at least 4 members (excludes halogenated alkanes) is 1. The summed E-state index contributed by atoms with van der Waals surface area (Å²) in [7, 11) is -4.19. The number of fused-ring (bicyclic) bond motifs is 4. The minimum absolute atomic E-state index is 0.0257. The van der Waals surface area contributed by atoms with E-state index in [1.165, 1.54) is 0 Å². The molecule has 0 radical (unpaired) electrons. The van der Waals surface area contributed by atoms with E-state index in [2.05, 4.69) is 21.6 Å². The van der Waals surface area contributed by atoms with Gasteiger partial charge < -0.3 is 24.3 Å². The van der Waals surface area contributed by atoms with Crippen LogP contribution in [0.5, 0.6) is 5.75 Å². The first-order chi connectivity index (χ1) is 22.6. The molecule has 0 unspecified atom stereocenters. The highest BCUT2D eigenvalue weighted by Gasteiger charge is 2.35. The highest BCUT2D eigenvalue weighted by Crippen LogP contribution is 2.48. The Morgan fingerprint density at radius 3 is 2.45 bits per heavy atom. The van der Waals surface area contributed by atoms with Crippen LogP contribution in [-0.2, 0) is 30.0 Å². The molecule has 3 N–H and O–H groups in total. The standard InChI is InChI=1S/C35H44N5O6P/c1-6-8-16-26(40-31(22-43-7-2)38-32-33(40)28-18-11-12-19-29(28)37-34(32)36)21-44-47(42,39-24(5)35(41)45-23(3)4)46-30-20-13-15-25-14-9-10-17-27(25)30/h9-15,17-20,23-24,26H,6-8,16,21-22H2,1-5H3,(H2,36,37)(H,39,42)/t24-,26+,47-/m0/s1. The van der Waals surface area contributed by atoms with Crippen LogP contribution in [0.25, 0.3) is 32.7 Å². The number of ether oxygens (including phenoxy) is 2. The summed E-state index contributed by atoms with van der Waals surface area (Å²) in [5.74, 6) is 0.767. The van der Waals surface area contributed by atoms with Crippen molar-refractivity contribution in [2.75, 3.05) is 18.9 Å². The summed E-state index contributed by atoms with van der Waals surface area (Å²) in [6, 6.07) is 19.6. The van der Waals surface area contributed by atoms with Crippen molar-refractivity contribution in [3.63, 3.8) is 0 Å². The Bertz CT molecular complexity index is 1890. The van der Waals surface area contributed by atoms with Gasteiger partial charge in [-0.1, -0.05) is 74.4 Å². The molecule has 12 heteroatoms. The van der Waals surface area contributed by atoms with Crippen molar-refractivity contribution in [3.05, 3.63) is 72.6 Å². The van der Waals surface area contributed by atoms with Gasteiger partial charge in [0, 0.05) is 17.4 Å². The molecule has 0 fully saturated rings. The summed E-state index contributed by atoms with van der Waals surface area (Å²) in [5.41, 5.74) is 8.56. The SMILES string of the molecule is CCCC[C@H](CO[P@@](=O)(N[C@@H](C)C(=O)OC(C)C)Oc1cccc2ccccc12)n1c(COCC)nc2c(N)nc3ccccc3c21. The Kier molecular flexibility index (Phi) is 11.1. The smallest absolute Gasteiger partial charge is 0.459 e. The van der Waals surface area contributed by atoms with E-state index in [-0.39, 0.29) is 25.4 Å². The van der Waals surface area contributed by atoms with Gasteiger partial charge in [0.2, 0.25) is 0 Å². The lowest BCUT2D eigenvalue weighted by molar-refractivity contribution is -0.149. The molecule has 0 bridgehead atoms. The van der Waals surface area contributed by atoms with Gasteiger partial charge in [-0.25, -0.2) is 14.5 Å². The molecule has 0 saturated carbocycles. The van der Waals surface area contributed by atoms with E-state index >= 15 is 0 Å². The number of hydrogen-bond acceptors (Lipinski definition) is 9. The van der Waals surface area contributed by atoms with Gasteiger partial charge in [0.25, 0.3) is 0 Å². The molecule has 0 amide bonds. The average molecular weight is 662 g/mol. The zero-order valence-corrected chi connectivity index (χ0v) is 28.5. The van der Waals surface area contributed by atoms with Gasteiger partial charge >= 0.3 is 13.7 Å². The number of nitrogens with one attached hydrogen (secondary N) is 1. The monoisotopic (exact) mass is 661 g/mol. The van der Waals surface area contributed by atoms with Gasteiger partial charge in [0.1, 0.15) is 29.7 Å². The van der Waals surface area contributed by atoms with Crippen molar-refractivity contribution < 1.29 is 27.9 Å². The third-order valence-electron chi connectivity index (χ3n) is 7.78. The fraction of sp³-hybridized carbons (Fsp3) is 0.400. The second-order valence-corrected chi connectivity index (χ2v) is 13.4. The molecular formula is C35H44N5O6P. The summed E-state index contributed by atoms with van der Waals surface area (Å²) < 4.78 is 40.6. The van der Waals surface area contributed by atoms with Crippen molar-refractivity contribution in [1.82, 2.24) is 19.6 Å². The van der Waals surface area contributed by atoms with E-state index < -0.39 is 19.8 Å². The van der Waals surface area contributed by atoms with Crippen LogP contribution in [0.15, 0.2) is 66.7 Å². The van der Waals surface area contributed by atoms with Gasteiger partial charge in [0.15, 0.2) is 5.82 Å². The first-order valence-corrected chi connectivity index (χ1v) is 17.7. The number of aromatic nitrogens is 3. The van der Waals surface area contributed by atoms with Crippen LogP contribution in [0.3, 0.4) is 0 Å². The third kappa shape index (κ3) is 7.93. The third-order valence-corrected chi connectivity index (χ3v) is 9.41. The van der Waals surface area contributed by atoms with Crippen molar-refractivity contribution in [2.24, 2.45) is 0 Å². The number of hydrogen-bond donors (Lipinski definition) is 2. The number of imidazole rings is 1. The number of carbonyl (C=O) groups excluding carboxylic acids is 1. The largest absolute Gasteiger partial charge is 0.462 e. The number of nitrogens with two attached hydrogens (primary N) is 1. The molecule has 0 spiro atoms. The summed E-state index contributed by atoms with van der Waals surface area (Å²) in [6.45, 7) is 9.84. The quantitative estimate of drug-likeness (QED) is 0.0798. The summed E-state index contributed by atoms with van der Waals surface area (Å²) in [4.78, 5) is 22.3. The van der Waals surface area contributed by atoms with Crippen LogP contribution in [0.1, 0.15) is 65.7 Å². The number of nitrogen functional groups attached to an aromatic ring is 1. The number of nitrogens with zero attached hydrogens (tertiary/aromatic N) is 3. The number of anilines is 1. The van der Waals surface area contributed by atoms with Gasteiger partial charge in [-0.2, -0.15) is 5.09 Å². The lowest BCUT2D eigenvalue weighted by Crippen LogP contribution is -2.36. The highest BCUT2D eigenvalue weighted by atomic mass is 31.2. The number of para-hydroxylation sites is 1. The van der Waals surface area contributed by atoms with Crippen LogP contribution < -0.4 is 15.3 Å². The number of rotatable bonds is 16. The predicted octanol–water partition coefficient (Wildman–Crippen LogP) is 7.72. The minimum Gasteiger partial charge on any atom is -0.462 e. The topological polar surface area (TPSA) is 140 Å². The van der Waals surface area contributed by atoms with E-state index in [9.17, 15) is 9.36 Å². The lowest BCUT2D eigenvalue weighted by atomic mass is 10.1. The fourth-order valence-corrected chi connectivity index (χ4v) is 7.13. The maximum Gasteiger partial charge on any atom is 0.459 e. The van der Waals surface area contributed by atoms with Gasteiger partial charge in [-0.15, -0.1) is 0 Å². The van der Waals surface area contributed by atoms with E-state index in [0.717, 1.165) is 40.0 Å². The number of carbonyl (C=O) groups is 1. The molecule has 47 heavy (non-hydrogen) atoms.